The first-order valence-corrected chi connectivity index (χ1v) is 5.75. The van der Waals surface area contributed by atoms with Crippen LogP contribution in [-0.2, 0) is 11.3 Å². The molecule has 1 aliphatic heterocycles. The molecule has 5 heteroatoms. The summed E-state index contributed by atoms with van der Waals surface area (Å²) in [6.45, 7) is 3.85. The van der Waals surface area contributed by atoms with Crippen molar-refractivity contribution in [1.29, 1.82) is 0 Å². The molecule has 1 amide bonds. The van der Waals surface area contributed by atoms with Gasteiger partial charge in [-0.1, -0.05) is 6.07 Å². The molecule has 1 fully saturated rings. The van der Waals surface area contributed by atoms with Gasteiger partial charge in [0, 0.05) is 25.8 Å². The summed E-state index contributed by atoms with van der Waals surface area (Å²) in [6, 6.07) is 3.90. The van der Waals surface area contributed by atoms with Gasteiger partial charge in [0.1, 0.15) is 5.82 Å². The number of anilines is 1. The first kappa shape index (κ1) is 11.9. The van der Waals surface area contributed by atoms with E-state index in [9.17, 15) is 4.79 Å². The lowest BCUT2D eigenvalue weighted by atomic mass is 9.89. The van der Waals surface area contributed by atoms with E-state index < -0.39 is 5.41 Å². The molecule has 92 valence electrons. The molecular weight excluding hydrogens is 216 g/mol. The van der Waals surface area contributed by atoms with E-state index in [1.807, 2.05) is 19.1 Å². The quantitative estimate of drug-likeness (QED) is 0.784. The molecular formula is C12H18N4O. The summed E-state index contributed by atoms with van der Waals surface area (Å²) < 4.78 is 0. The number of aromatic nitrogens is 1. The molecule has 1 aromatic rings. The summed E-state index contributed by atoms with van der Waals surface area (Å²) in [7, 11) is 0. The Morgan fingerprint density at radius 1 is 1.59 bits per heavy atom. The molecule has 5 nitrogen and oxygen atoms in total. The molecule has 0 aliphatic carbocycles. The first-order chi connectivity index (χ1) is 8.05. The van der Waals surface area contributed by atoms with Gasteiger partial charge in [0.25, 0.3) is 0 Å². The summed E-state index contributed by atoms with van der Waals surface area (Å²) in [6.07, 6.45) is 2.55. The van der Waals surface area contributed by atoms with Crippen LogP contribution in [0.4, 0.5) is 5.82 Å². The molecule has 2 heterocycles. The number of nitrogens with two attached hydrogens (primary N) is 2. The fraction of sp³-hybridized carbons (Fsp3) is 0.500. The first-order valence-electron chi connectivity index (χ1n) is 5.75. The van der Waals surface area contributed by atoms with Crippen LogP contribution in [0.15, 0.2) is 18.3 Å². The van der Waals surface area contributed by atoms with E-state index in [0.717, 1.165) is 24.3 Å². The Hall–Kier alpha value is -1.62. The molecule has 1 aromatic heterocycles. The second-order valence-electron chi connectivity index (χ2n) is 4.83. The van der Waals surface area contributed by atoms with E-state index in [1.54, 1.807) is 6.20 Å². The van der Waals surface area contributed by atoms with Crippen LogP contribution in [0.25, 0.3) is 0 Å². The van der Waals surface area contributed by atoms with Crippen LogP contribution in [0.5, 0.6) is 0 Å². The highest BCUT2D eigenvalue weighted by molar-refractivity contribution is 5.82. The van der Waals surface area contributed by atoms with E-state index in [-0.39, 0.29) is 5.91 Å². The van der Waals surface area contributed by atoms with Gasteiger partial charge in [0.15, 0.2) is 0 Å². The van der Waals surface area contributed by atoms with Gasteiger partial charge in [-0.3, -0.25) is 4.79 Å². The third kappa shape index (κ3) is 2.24. The van der Waals surface area contributed by atoms with E-state index >= 15 is 0 Å². The van der Waals surface area contributed by atoms with Crippen LogP contribution in [0.1, 0.15) is 18.9 Å². The monoisotopic (exact) mass is 234 g/mol. The van der Waals surface area contributed by atoms with Gasteiger partial charge in [-0.2, -0.15) is 0 Å². The van der Waals surface area contributed by atoms with Gasteiger partial charge in [-0.25, -0.2) is 4.98 Å². The highest BCUT2D eigenvalue weighted by Gasteiger charge is 2.39. The maximum atomic E-state index is 11.4. The van der Waals surface area contributed by atoms with Crippen LogP contribution in [-0.4, -0.2) is 24.0 Å². The number of hydrogen-bond acceptors (Lipinski definition) is 4. The molecule has 0 spiro atoms. The smallest absolute Gasteiger partial charge is 0.225 e. The number of amides is 1. The zero-order valence-corrected chi connectivity index (χ0v) is 10.0. The number of carbonyl (C=O) groups excluding carboxylic acids is 1. The molecule has 0 saturated carbocycles. The largest absolute Gasteiger partial charge is 0.369 e. The summed E-state index contributed by atoms with van der Waals surface area (Å²) in [5.74, 6) is 0.644. The second kappa shape index (κ2) is 4.33. The third-order valence-electron chi connectivity index (χ3n) is 3.44. The van der Waals surface area contributed by atoms with Gasteiger partial charge < -0.3 is 16.4 Å². The van der Waals surface area contributed by atoms with Crippen molar-refractivity contribution in [2.75, 3.05) is 18.0 Å². The Bertz CT molecular complexity index is 417. The molecule has 0 aromatic carbocycles. The maximum absolute atomic E-state index is 11.4. The lowest BCUT2D eigenvalue weighted by Gasteiger charge is -2.21. The van der Waals surface area contributed by atoms with Crippen molar-refractivity contribution in [3.8, 4) is 0 Å². The molecule has 2 rings (SSSR count). The molecule has 4 N–H and O–H groups in total. The fourth-order valence-electron chi connectivity index (χ4n) is 2.08. The van der Waals surface area contributed by atoms with Gasteiger partial charge in [0.05, 0.1) is 5.41 Å². The number of primary amides is 1. The van der Waals surface area contributed by atoms with Crippen LogP contribution in [0, 0.1) is 5.41 Å². The van der Waals surface area contributed by atoms with Crippen LogP contribution in [0.3, 0.4) is 0 Å². The highest BCUT2D eigenvalue weighted by Crippen LogP contribution is 2.31. The normalized spacial score (nSPS) is 24.0. The average molecular weight is 234 g/mol. The summed E-state index contributed by atoms with van der Waals surface area (Å²) in [5, 5.41) is 0. The minimum absolute atomic E-state index is 0.237. The van der Waals surface area contributed by atoms with Crippen molar-refractivity contribution >= 4 is 11.7 Å². The van der Waals surface area contributed by atoms with E-state index in [4.69, 9.17) is 11.5 Å². The van der Waals surface area contributed by atoms with E-state index in [1.165, 1.54) is 0 Å². The lowest BCUT2D eigenvalue weighted by molar-refractivity contribution is -0.125. The Balaban J connectivity index is 2.12. The molecule has 0 radical (unpaired) electrons. The minimum atomic E-state index is -0.436. The second-order valence-corrected chi connectivity index (χ2v) is 4.83. The maximum Gasteiger partial charge on any atom is 0.225 e. The van der Waals surface area contributed by atoms with Gasteiger partial charge in [0.2, 0.25) is 5.91 Å². The standard InChI is InChI=1S/C12H18N4O/c1-12(11(14)17)4-5-16(8-12)10-3-2-9(6-13)7-15-10/h2-3,7H,4-6,8,13H2,1H3,(H2,14,17). The third-order valence-corrected chi connectivity index (χ3v) is 3.44. The average Bonchev–Trinajstić information content (AvgIpc) is 2.74. The van der Waals surface area contributed by atoms with Crippen LogP contribution < -0.4 is 16.4 Å². The zero-order valence-electron chi connectivity index (χ0n) is 10.0. The summed E-state index contributed by atoms with van der Waals surface area (Å²) in [4.78, 5) is 17.8. The number of nitrogens with zero attached hydrogens (tertiary/aromatic N) is 2. The number of carbonyl (C=O) groups is 1. The molecule has 1 saturated heterocycles. The number of pyridine rings is 1. The van der Waals surface area contributed by atoms with Gasteiger partial charge in [-0.05, 0) is 25.0 Å². The molecule has 1 aliphatic rings. The van der Waals surface area contributed by atoms with Gasteiger partial charge >= 0.3 is 0 Å². The molecule has 1 atom stereocenters. The summed E-state index contributed by atoms with van der Waals surface area (Å²) in [5.41, 5.74) is 11.5. The number of hydrogen-bond donors (Lipinski definition) is 2. The Morgan fingerprint density at radius 3 is 2.82 bits per heavy atom. The fourth-order valence-corrected chi connectivity index (χ4v) is 2.08. The highest BCUT2D eigenvalue weighted by atomic mass is 16.1. The Labute approximate surface area is 101 Å². The van der Waals surface area contributed by atoms with E-state index in [2.05, 4.69) is 9.88 Å². The SMILES string of the molecule is CC1(C(N)=O)CCN(c2ccc(CN)cn2)C1. The van der Waals surface area contributed by atoms with Crippen molar-refractivity contribution in [1.82, 2.24) is 4.98 Å². The predicted octanol–water partition coefficient (Wildman–Crippen LogP) is 0.242. The Morgan fingerprint density at radius 2 is 2.35 bits per heavy atom. The van der Waals surface area contributed by atoms with Crippen LogP contribution in [0.2, 0.25) is 0 Å². The Kier molecular flexibility index (Phi) is 3.02. The van der Waals surface area contributed by atoms with Crippen molar-refractivity contribution in [2.24, 2.45) is 16.9 Å². The van der Waals surface area contributed by atoms with E-state index in [0.29, 0.717) is 13.1 Å². The van der Waals surface area contributed by atoms with Crippen molar-refractivity contribution in [2.45, 2.75) is 19.9 Å². The predicted molar refractivity (Wildman–Crippen MR) is 66.3 cm³/mol. The van der Waals surface area contributed by atoms with Crippen molar-refractivity contribution in [3.05, 3.63) is 23.9 Å². The molecule has 0 bridgehead atoms. The summed E-state index contributed by atoms with van der Waals surface area (Å²) >= 11 is 0. The molecule has 1 unspecified atom stereocenters. The lowest BCUT2D eigenvalue weighted by Crippen LogP contribution is -2.37. The number of rotatable bonds is 3. The topological polar surface area (TPSA) is 85.2 Å². The zero-order chi connectivity index (χ0) is 12.5. The van der Waals surface area contributed by atoms with Crippen molar-refractivity contribution < 1.29 is 4.79 Å². The molecule has 17 heavy (non-hydrogen) atoms. The van der Waals surface area contributed by atoms with Crippen molar-refractivity contribution in [3.63, 3.8) is 0 Å². The van der Waals surface area contributed by atoms with Crippen LogP contribution >= 0.6 is 0 Å². The van der Waals surface area contributed by atoms with Gasteiger partial charge in [-0.15, -0.1) is 0 Å². The minimum Gasteiger partial charge on any atom is -0.369 e.